The highest BCUT2D eigenvalue weighted by atomic mass is 19.4. The first-order valence-corrected chi connectivity index (χ1v) is 5.67. The summed E-state index contributed by atoms with van der Waals surface area (Å²) in [5.74, 6) is 4.68. The molecule has 0 aliphatic carbocycles. The largest absolute Gasteiger partial charge is 0.416 e. The molecule has 0 amide bonds. The Balaban J connectivity index is 2.46. The van der Waals surface area contributed by atoms with Crippen LogP contribution in [0, 0.1) is 5.82 Å². The van der Waals surface area contributed by atoms with Crippen LogP contribution in [0.2, 0.25) is 0 Å². The first-order valence-electron chi connectivity index (χ1n) is 5.67. The number of halogens is 4. The highest BCUT2D eigenvalue weighted by Crippen LogP contribution is 2.31. The number of nitrogens with two attached hydrogens (primary N) is 1. The molecule has 106 valence electrons. The van der Waals surface area contributed by atoms with Gasteiger partial charge in [0.2, 0.25) is 0 Å². The van der Waals surface area contributed by atoms with Crippen LogP contribution in [0.3, 0.4) is 0 Å². The van der Waals surface area contributed by atoms with Gasteiger partial charge in [-0.25, -0.2) is 9.82 Å². The molecule has 0 saturated carbocycles. The Morgan fingerprint density at radius 2 is 1.90 bits per heavy atom. The summed E-state index contributed by atoms with van der Waals surface area (Å²) in [6.07, 6.45) is -3.13. The smallest absolute Gasteiger partial charge is 0.271 e. The molecule has 1 heterocycles. The molecular formula is C13H11F4N3. The van der Waals surface area contributed by atoms with E-state index in [9.17, 15) is 17.6 Å². The van der Waals surface area contributed by atoms with Gasteiger partial charge in [0.1, 0.15) is 5.82 Å². The predicted octanol–water partition coefficient (Wildman–Crippen LogP) is 2.79. The zero-order valence-electron chi connectivity index (χ0n) is 10.2. The molecule has 2 aromatic rings. The fourth-order valence-corrected chi connectivity index (χ4v) is 1.84. The van der Waals surface area contributed by atoms with E-state index in [0.717, 1.165) is 12.1 Å². The minimum Gasteiger partial charge on any atom is -0.271 e. The van der Waals surface area contributed by atoms with Gasteiger partial charge in [0, 0.05) is 6.20 Å². The highest BCUT2D eigenvalue weighted by molar-refractivity contribution is 5.33. The van der Waals surface area contributed by atoms with Gasteiger partial charge in [-0.1, -0.05) is 12.1 Å². The number of pyridine rings is 1. The quantitative estimate of drug-likeness (QED) is 0.518. The van der Waals surface area contributed by atoms with Crippen LogP contribution in [-0.2, 0) is 6.18 Å². The van der Waals surface area contributed by atoms with Gasteiger partial charge >= 0.3 is 6.18 Å². The van der Waals surface area contributed by atoms with E-state index in [4.69, 9.17) is 5.84 Å². The lowest BCUT2D eigenvalue weighted by molar-refractivity contribution is -0.137. The Kier molecular flexibility index (Phi) is 4.01. The number of hydrogen-bond donors (Lipinski definition) is 2. The first kappa shape index (κ1) is 14.4. The molecule has 1 atom stereocenters. The summed E-state index contributed by atoms with van der Waals surface area (Å²) in [5.41, 5.74) is 1.58. The van der Waals surface area contributed by atoms with Gasteiger partial charge in [-0.3, -0.25) is 10.8 Å². The van der Waals surface area contributed by atoms with E-state index in [0.29, 0.717) is 0 Å². The van der Waals surface area contributed by atoms with Crippen molar-refractivity contribution in [2.45, 2.75) is 12.2 Å². The third-order valence-corrected chi connectivity index (χ3v) is 2.77. The molecule has 0 aliphatic heterocycles. The van der Waals surface area contributed by atoms with E-state index >= 15 is 0 Å². The van der Waals surface area contributed by atoms with Gasteiger partial charge in [-0.15, -0.1) is 0 Å². The molecule has 0 aliphatic rings. The summed E-state index contributed by atoms with van der Waals surface area (Å²) in [5, 5.41) is 0. The van der Waals surface area contributed by atoms with Gasteiger partial charge < -0.3 is 0 Å². The molecule has 1 aromatic carbocycles. The number of nitrogens with zero attached hydrogens (tertiary/aromatic N) is 1. The van der Waals surface area contributed by atoms with Gasteiger partial charge in [0.25, 0.3) is 0 Å². The van der Waals surface area contributed by atoms with Crippen molar-refractivity contribution >= 4 is 0 Å². The van der Waals surface area contributed by atoms with Crippen LogP contribution in [0.25, 0.3) is 0 Å². The fraction of sp³-hybridized carbons (Fsp3) is 0.154. The lowest BCUT2D eigenvalue weighted by atomic mass is 10.0. The first-order chi connectivity index (χ1) is 9.43. The third kappa shape index (κ3) is 2.94. The van der Waals surface area contributed by atoms with Gasteiger partial charge in [-0.05, 0) is 29.8 Å². The van der Waals surface area contributed by atoms with Crippen molar-refractivity contribution in [1.82, 2.24) is 10.4 Å². The van der Waals surface area contributed by atoms with Crippen molar-refractivity contribution in [3.8, 4) is 0 Å². The summed E-state index contributed by atoms with van der Waals surface area (Å²) < 4.78 is 51.7. The molecule has 7 heteroatoms. The normalized spacial score (nSPS) is 13.2. The van der Waals surface area contributed by atoms with Crippen molar-refractivity contribution in [2.24, 2.45) is 5.84 Å². The third-order valence-electron chi connectivity index (χ3n) is 2.77. The Labute approximate surface area is 112 Å². The van der Waals surface area contributed by atoms with Crippen LogP contribution in [-0.4, -0.2) is 4.98 Å². The van der Waals surface area contributed by atoms with E-state index in [-0.39, 0.29) is 11.3 Å². The maximum atomic E-state index is 13.7. The number of aromatic nitrogens is 1. The molecule has 0 spiro atoms. The van der Waals surface area contributed by atoms with Crippen molar-refractivity contribution < 1.29 is 17.6 Å². The SMILES string of the molecule is NNC(c1cccc(C(F)(F)F)c1)c1ncccc1F. The molecule has 3 nitrogen and oxygen atoms in total. The van der Waals surface area contributed by atoms with Gasteiger partial charge in [-0.2, -0.15) is 13.2 Å². The fourth-order valence-electron chi connectivity index (χ4n) is 1.84. The number of alkyl halides is 3. The van der Waals surface area contributed by atoms with Crippen LogP contribution in [0.1, 0.15) is 22.9 Å². The van der Waals surface area contributed by atoms with E-state index in [1.807, 2.05) is 0 Å². The molecule has 1 unspecified atom stereocenters. The predicted molar refractivity (Wildman–Crippen MR) is 64.8 cm³/mol. The standard InChI is InChI=1S/C13H11F4N3/c14-10-5-2-6-19-12(10)11(20-18)8-3-1-4-9(7-8)13(15,16)17/h1-7,11,20H,18H2. The van der Waals surface area contributed by atoms with Crippen molar-refractivity contribution in [1.29, 1.82) is 0 Å². The monoisotopic (exact) mass is 285 g/mol. The number of benzene rings is 1. The second kappa shape index (κ2) is 5.56. The van der Waals surface area contributed by atoms with Crippen LogP contribution in [0.15, 0.2) is 42.6 Å². The second-order valence-corrected chi connectivity index (χ2v) is 4.09. The minimum absolute atomic E-state index is 0.0608. The van der Waals surface area contributed by atoms with Gasteiger partial charge in [0.15, 0.2) is 0 Å². The average Bonchev–Trinajstić information content (AvgIpc) is 2.41. The zero-order chi connectivity index (χ0) is 14.8. The van der Waals surface area contributed by atoms with E-state index < -0.39 is 23.6 Å². The maximum Gasteiger partial charge on any atom is 0.416 e. The zero-order valence-corrected chi connectivity index (χ0v) is 10.2. The lowest BCUT2D eigenvalue weighted by Crippen LogP contribution is -2.30. The Morgan fingerprint density at radius 3 is 2.50 bits per heavy atom. The van der Waals surface area contributed by atoms with Crippen LogP contribution in [0.4, 0.5) is 17.6 Å². The van der Waals surface area contributed by atoms with E-state index in [1.165, 1.54) is 30.5 Å². The molecule has 2 rings (SSSR count). The van der Waals surface area contributed by atoms with Crippen molar-refractivity contribution in [2.75, 3.05) is 0 Å². The molecule has 0 radical (unpaired) electrons. The topological polar surface area (TPSA) is 50.9 Å². The molecular weight excluding hydrogens is 274 g/mol. The number of hydrogen-bond acceptors (Lipinski definition) is 3. The summed E-state index contributed by atoms with van der Waals surface area (Å²) in [4.78, 5) is 3.82. The van der Waals surface area contributed by atoms with Crippen molar-refractivity contribution in [3.05, 3.63) is 65.2 Å². The molecule has 0 bridgehead atoms. The molecule has 1 aromatic heterocycles. The summed E-state index contributed by atoms with van der Waals surface area (Å²) in [6, 6.07) is 6.11. The molecule has 20 heavy (non-hydrogen) atoms. The molecule has 0 fully saturated rings. The highest BCUT2D eigenvalue weighted by Gasteiger charge is 2.31. The maximum absolute atomic E-state index is 13.7. The lowest BCUT2D eigenvalue weighted by Gasteiger charge is -2.17. The number of rotatable bonds is 3. The average molecular weight is 285 g/mol. The van der Waals surface area contributed by atoms with Crippen molar-refractivity contribution in [3.63, 3.8) is 0 Å². The second-order valence-electron chi connectivity index (χ2n) is 4.09. The van der Waals surface area contributed by atoms with E-state index in [1.54, 1.807) is 0 Å². The van der Waals surface area contributed by atoms with E-state index in [2.05, 4.69) is 10.4 Å². The number of hydrazine groups is 1. The van der Waals surface area contributed by atoms with Gasteiger partial charge in [0.05, 0.1) is 17.3 Å². The van der Waals surface area contributed by atoms with Crippen LogP contribution < -0.4 is 11.3 Å². The summed E-state index contributed by atoms with van der Waals surface area (Å²) >= 11 is 0. The molecule has 0 saturated heterocycles. The minimum atomic E-state index is -4.47. The van der Waals surface area contributed by atoms with Crippen LogP contribution in [0.5, 0.6) is 0 Å². The summed E-state index contributed by atoms with van der Waals surface area (Å²) in [7, 11) is 0. The summed E-state index contributed by atoms with van der Waals surface area (Å²) in [6.45, 7) is 0. The molecule has 3 N–H and O–H groups in total. The number of nitrogens with one attached hydrogen (secondary N) is 1. The Hall–Kier alpha value is -1.99. The van der Waals surface area contributed by atoms with Crippen LogP contribution >= 0.6 is 0 Å². The Bertz CT molecular complexity index is 598. The Morgan fingerprint density at radius 1 is 1.15 bits per heavy atom.